The molecule has 4 nitrogen and oxygen atoms in total. The van der Waals surface area contributed by atoms with Gasteiger partial charge >= 0.3 is 0 Å². The molecule has 2 heterocycles. The monoisotopic (exact) mass is 347 g/mol. The quantitative estimate of drug-likeness (QED) is 0.740. The predicted molar refractivity (Wildman–Crippen MR) is 101 cm³/mol. The molecule has 1 aromatic rings. The van der Waals surface area contributed by atoms with Crippen molar-refractivity contribution < 1.29 is 4.79 Å². The molecule has 1 aromatic carbocycles. The highest BCUT2D eigenvalue weighted by Gasteiger charge is 2.53. The Balaban J connectivity index is 1.35. The van der Waals surface area contributed by atoms with Crippen molar-refractivity contribution in [2.75, 3.05) is 45.5 Å². The van der Waals surface area contributed by atoms with E-state index in [1.165, 1.54) is 11.1 Å². The van der Waals surface area contributed by atoms with Crippen molar-refractivity contribution in [3.63, 3.8) is 0 Å². The number of nitrogens with one attached hydrogen (secondary N) is 2. The number of likely N-dealkylation sites (tertiary alicyclic amines) is 1. The smallest absolute Gasteiger partial charge is 0.229 e. The van der Waals surface area contributed by atoms with E-state index in [4.69, 9.17) is 0 Å². The van der Waals surface area contributed by atoms with Gasteiger partial charge in [-0.15, -0.1) is 0 Å². The first-order valence-corrected chi connectivity index (χ1v) is 10.1. The third-order valence-corrected chi connectivity index (χ3v) is 6.37. The zero-order valence-electron chi connectivity index (χ0n) is 14.8. The molecule has 2 aliphatic rings. The molecule has 1 amide bonds. The fourth-order valence-corrected chi connectivity index (χ4v) is 4.95. The first-order valence-electron chi connectivity index (χ1n) is 8.91. The second-order valence-corrected chi connectivity index (χ2v) is 8.44. The predicted octanol–water partition coefficient (Wildman–Crippen LogP) is 1.89. The molecule has 0 bridgehead atoms. The molecule has 0 saturated carbocycles. The number of aryl methyl sites for hydroxylation is 1. The highest BCUT2D eigenvalue weighted by Crippen LogP contribution is 2.38. The van der Waals surface area contributed by atoms with E-state index in [9.17, 15) is 4.79 Å². The van der Waals surface area contributed by atoms with Crippen molar-refractivity contribution in [3.05, 3.63) is 35.4 Å². The van der Waals surface area contributed by atoms with Gasteiger partial charge in [0.25, 0.3) is 0 Å². The molecule has 2 N–H and O–H groups in total. The first-order chi connectivity index (χ1) is 11.6. The third kappa shape index (κ3) is 3.95. The van der Waals surface area contributed by atoms with Crippen LogP contribution in [-0.4, -0.2) is 56.3 Å². The second-order valence-electron chi connectivity index (χ2n) is 7.33. The maximum Gasteiger partial charge on any atom is 0.229 e. The van der Waals surface area contributed by atoms with Crippen LogP contribution in [0.1, 0.15) is 17.5 Å². The molecule has 2 saturated heterocycles. The molecule has 2 fully saturated rings. The first kappa shape index (κ1) is 17.8. The van der Waals surface area contributed by atoms with Gasteiger partial charge in [0.05, 0.1) is 5.41 Å². The van der Waals surface area contributed by atoms with Crippen LogP contribution in [0.25, 0.3) is 0 Å². The molecule has 2 aliphatic heterocycles. The summed E-state index contributed by atoms with van der Waals surface area (Å²) in [6.45, 7) is 6.65. The Bertz CT molecular complexity index is 579. The van der Waals surface area contributed by atoms with E-state index in [1.54, 1.807) is 0 Å². The lowest BCUT2D eigenvalue weighted by atomic mass is 9.80. The normalized spacial score (nSPS) is 26.5. The van der Waals surface area contributed by atoms with Crippen LogP contribution in [0.5, 0.6) is 0 Å². The van der Waals surface area contributed by atoms with E-state index in [0.717, 1.165) is 50.7 Å². The minimum atomic E-state index is -0.191. The SMILES string of the molecule is Cc1cccc(CSCCCNC(=O)[C@@]23CNC[C@@H]2CN(C)C3)c1. The summed E-state index contributed by atoms with van der Waals surface area (Å²) in [4.78, 5) is 15.0. The molecule has 0 radical (unpaired) electrons. The Labute approximate surface area is 149 Å². The second kappa shape index (κ2) is 7.89. The summed E-state index contributed by atoms with van der Waals surface area (Å²) in [5.41, 5.74) is 2.52. The Hall–Kier alpha value is -1.04. The Kier molecular flexibility index (Phi) is 5.85. The topological polar surface area (TPSA) is 44.4 Å². The fourth-order valence-electron chi connectivity index (χ4n) is 4.04. The molecule has 24 heavy (non-hydrogen) atoms. The van der Waals surface area contributed by atoms with Crippen LogP contribution in [0, 0.1) is 18.3 Å². The van der Waals surface area contributed by atoms with Crippen molar-refractivity contribution in [2.45, 2.75) is 19.1 Å². The zero-order valence-corrected chi connectivity index (χ0v) is 15.6. The van der Waals surface area contributed by atoms with Gasteiger partial charge in [0.2, 0.25) is 5.91 Å². The van der Waals surface area contributed by atoms with E-state index in [1.807, 2.05) is 11.8 Å². The molecule has 132 valence electrons. The van der Waals surface area contributed by atoms with Gasteiger partial charge in [-0.3, -0.25) is 4.79 Å². The maximum absolute atomic E-state index is 12.7. The Morgan fingerprint density at radius 1 is 1.50 bits per heavy atom. The van der Waals surface area contributed by atoms with Crippen LogP contribution in [0.4, 0.5) is 0 Å². The Morgan fingerprint density at radius 2 is 2.38 bits per heavy atom. The van der Waals surface area contributed by atoms with Crippen molar-refractivity contribution in [3.8, 4) is 0 Å². The van der Waals surface area contributed by atoms with Crippen molar-refractivity contribution >= 4 is 17.7 Å². The van der Waals surface area contributed by atoms with Crippen molar-refractivity contribution in [2.24, 2.45) is 11.3 Å². The number of fused-ring (bicyclic) bond motifs is 1. The molecular weight excluding hydrogens is 318 g/mol. The standard InChI is InChI=1S/C19H29N3OS/c1-15-5-3-6-16(9-15)12-24-8-4-7-21-18(23)19-13-20-10-17(19)11-22(2)14-19/h3,5-6,9,17,20H,4,7-8,10-14H2,1-2H3,(H,21,23)/t17-,19-/m1/s1. The highest BCUT2D eigenvalue weighted by molar-refractivity contribution is 7.98. The zero-order chi connectivity index (χ0) is 17.0. The van der Waals surface area contributed by atoms with Crippen LogP contribution in [0.2, 0.25) is 0 Å². The molecule has 0 aromatic heterocycles. The summed E-state index contributed by atoms with van der Waals surface area (Å²) < 4.78 is 0. The summed E-state index contributed by atoms with van der Waals surface area (Å²) >= 11 is 1.95. The summed E-state index contributed by atoms with van der Waals surface area (Å²) in [5, 5.41) is 6.60. The van der Waals surface area contributed by atoms with Gasteiger partial charge in [0, 0.05) is 44.4 Å². The minimum absolute atomic E-state index is 0.191. The van der Waals surface area contributed by atoms with Gasteiger partial charge in [-0.2, -0.15) is 11.8 Å². The van der Waals surface area contributed by atoms with E-state index in [2.05, 4.69) is 53.8 Å². The highest BCUT2D eigenvalue weighted by atomic mass is 32.2. The Morgan fingerprint density at radius 3 is 3.21 bits per heavy atom. The maximum atomic E-state index is 12.7. The lowest BCUT2D eigenvalue weighted by Gasteiger charge is -2.26. The lowest BCUT2D eigenvalue weighted by Crippen LogP contribution is -2.47. The van der Waals surface area contributed by atoms with E-state index in [-0.39, 0.29) is 11.3 Å². The molecular formula is C19H29N3OS. The third-order valence-electron chi connectivity index (χ3n) is 5.25. The fraction of sp³-hybridized carbons (Fsp3) is 0.632. The van der Waals surface area contributed by atoms with Crippen LogP contribution >= 0.6 is 11.8 Å². The summed E-state index contributed by atoms with van der Waals surface area (Å²) in [6.07, 6.45) is 1.03. The largest absolute Gasteiger partial charge is 0.355 e. The molecule has 0 unspecified atom stereocenters. The van der Waals surface area contributed by atoms with Gasteiger partial charge in [-0.25, -0.2) is 0 Å². The van der Waals surface area contributed by atoms with Gasteiger partial charge in [-0.05, 0) is 31.7 Å². The van der Waals surface area contributed by atoms with Crippen LogP contribution in [0.15, 0.2) is 24.3 Å². The molecule has 3 rings (SSSR count). The number of thioether (sulfide) groups is 1. The average Bonchev–Trinajstić information content (AvgIpc) is 3.07. The number of benzene rings is 1. The van der Waals surface area contributed by atoms with Crippen molar-refractivity contribution in [1.29, 1.82) is 0 Å². The number of hydrogen-bond acceptors (Lipinski definition) is 4. The number of nitrogens with zero attached hydrogens (tertiary/aromatic N) is 1. The number of rotatable bonds is 7. The van der Waals surface area contributed by atoms with Crippen LogP contribution in [0.3, 0.4) is 0 Å². The lowest BCUT2D eigenvalue weighted by molar-refractivity contribution is -0.130. The van der Waals surface area contributed by atoms with Gasteiger partial charge < -0.3 is 15.5 Å². The molecule has 0 spiro atoms. The van der Waals surface area contributed by atoms with Crippen LogP contribution in [-0.2, 0) is 10.5 Å². The number of hydrogen-bond donors (Lipinski definition) is 2. The van der Waals surface area contributed by atoms with Gasteiger partial charge in [0.1, 0.15) is 0 Å². The number of carbonyl (C=O) groups excluding carboxylic acids is 1. The molecule has 0 aliphatic carbocycles. The average molecular weight is 348 g/mol. The van der Waals surface area contributed by atoms with Gasteiger partial charge in [-0.1, -0.05) is 29.8 Å². The van der Waals surface area contributed by atoms with Gasteiger partial charge in [0.15, 0.2) is 0 Å². The summed E-state index contributed by atoms with van der Waals surface area (Å²) in [6, 6.07) is 8.69. The van der Waals surface area contributed by atoms with E-state index >= 15 is 0 Å². The number of carbonyl (C=O) groups is 1. The molecule has 2 atom stereocenters. The molecule has 5 heteroatoms. The van der Waals surface area contributed by atoms with Crippen LogP contribution < -0.4 is 10.6 Å². The van der Waals surface area contributed by atoms with E-state index in [0.29, 0.717) is 5.92 Å². The van der Waals surface area contributed by atoms with Crippen molar-refractivity contribution in [1.82, 2.24) is 15.5 Å². The minimum Gasteiger partial charge on any atom is -0.355 e. The van der Waals surface area contributed by atoms with E-state index < -0.39 is 0 Å². The summed E-state index contributed by atoms with van der Waals surface area (Å²) in [7, 11) is 2.12. The summed E-state index contributed by atoms with van der Waals surface area (Å²) in [5.74, 6) is 2.86. The number of amides is 1.